The molecule has 0 radical (unpaired) electrons. The van der Waals surface area contributed by atoms with Crippen molar-refractivity contribution in [2.24, 2.45) is 21.3 Å². The van der Waals surface area contributed by atoms with E-state index in [4.69, 9.17) is 16.6 Å². The molecule has 0 N–H and O–H groups in total. The van der Waals surface area contributed by atoms with E-state index in [0.29, 0.717) is 18.0 Å². The highest BCUT2D eigenvalue weighted by Gasteiger charge is 2.33. The molecule has 1 aliphatic heterocycles. The first kappa shape index (κ1) is 22.7. The third-order valence-electron chi connectivity index (χ3n) is 6.52. The first-order valence-corrected chi connectivity index (χ1v) is 11.4. The van der Waals surface area contributed by atoms with Crippen molar-refractivity contribution in [3.63, 3.8) is 0 Å². The second kappa shape index (κ2) is 9.46. The van der Waals surface area contributed by atoms with E-state index >= 15 is 0 Å². The molecular weight excluding hydrogens is 400 g/mol. The molecule has 1 aliphatic carbocycles. The molecule has 7 heteroatoms. The predicted molar refractivity (Wildman–Crippen MR) is 123 cm³/mol. The van der Waals surface area contributed by atoms with Crippen molar-refractivity contribution in [2.45, 2.75) is 83.8 Å². The number of nitrogens with zero attached hydrogens (tertiary/aromatic N) is 4. The Bertz CT molecular complexity index is 792. The summed E-state index contributed by atoms with van der Waals surface area (Å²) < 4.78 is 0. The smallest absolute Gasteiger partial charge is 0.269 e. The average molecular weight is 433 g/mol. The molecule has 0 bridgehead atoms. The number of nitro groups is 1. The van der Waals surface area contributed by atoms with Crippen molar-refractivity contribution in [1.29, 1.82) is 0 Å². The normalized spacial score (nSPS) is 28.7. The lowest BCUT2D eigenvalue weighted by molar-refractivity contribution is -0.384. The minimum atomic E-state index is -0.381. The Morgan fingerprint density at radius 2 is 1.83 bits per heavy atom. The fourth-order valence-corrected chi connectivity index (χ4v) is 4.96. The number of amidine groups is 1. The van der Waals surface area contributed by atoms with Gasteiger partial charge in [-0.15, -0.1) is 11.6 Å². The molecule has 0 saturated heterocycles. The molecule has 2 atom stereocenters. The quantitative estimate of drug-likeness (QED) is 0.334. The average Bonchev–Trinajstić information content (AvgIpc) is 2.70. The van der Waals surface area contributed by atoms with Crippen LogP contribution < -0.4 is 0 Å². The minimum Gasteiger partial charge on any atom is -0.353 e. The molecule has 0 amide bonds. The number of rotatable bonds is 5. The van der Waals surface area contributed by atoms with Crippen molar-refractivity contribution in [2.75, 3.05) is 0 Å². The lowest BCUT2D eigenvalue weighted by atomic mass is 9.71. The summed E-state index contributed by atoms with van der Waals surface area (Å²) in [6.07, 6.45) is 7.36. The first-order valence-electron chi connectivity index (χ1n) is 10.9. The van der Waals surface area contributed by atoms with E-state index in [2.05, 4.69) is 37.6 Å². The van der Waals surface area contributed by atoms with Crippen molar-refractivity contribution < 1.29 is 4.92 Å². The van der Waals surface area contributed by atoms with Gasteiger partial charge < -0.3 is 4.90 Å². The molecule has 1 aromatic carbocycles. The molecule has 0 aromatic heterocycles. The van der Waals surface area contributed by atoms with Crippen LogP contribution in [0.2, 0.25) is 0 Å². The van der Waals surface area contributed by atoms with Crippen molar-refractivity contribution >= 4 is 29.5 Å². The lowest BCUT2D eigenvalue weighted by Crippen LogP contribution is -2.47. The summed E-state index contributed by atoms with van der Waals surface area (Å²) in [7, 11) is 0. The SMILES string of the molecule is CCC1C(Cl)C(=NC2CCC(C(C)(C)C)CC2)N=CN1Cc1ccc([N+](=O)[O-])cc1. The van der Waals surface area contributed by atoms with Gasteiger partial charge in [0.25, 0.3) is 5.69 Å². The van der Waals surface area contributed by atoms with Gasteiger partial charge in [-0.2, -0.15) is 0 Å². The van der Waals surface area contributed by atoms with Gasteiger partial charge in [-0.3, -0.25) is 15.1 Å². The summed E-state index contributed by atoms with van der Waals surface area (Å²) >= 11 is 6.82. The summed E-state index contributed by atoms with van der Waals surface area (Å²) in [5, 5.41) is 10.6. The number of nitro benzene ring substituents is 1. The van der Waals surface area contributed by atoms with Crippen LogP contribution in [0.25, 0.3) is 0 Å². The van der Waals surface area contributed by atoms with Crippen molar-refractivity contribution in [3.05, 3.63) is 39.9 Å². The van der Waals surface area contributed by atoms with Crippen LogP contribution in [0.15, 0.2) is 34.3 Å². The summed E-state index contributed by atoms with van der Waals surface area (Å²) in [6.45, 7) is 9.72. The zero-order valence-electron chi connectivity index (χ0n) is 18.4. The van der Waals surface area contributed by atoms with Gasteiger partial charge in [0.15, 0.2) is 0 Å². The molecule has 1 fully saturated rings. The molecule has 2 unspecified atom stereocenters. The zero-order valence-corrected chi connectivity index (χ0v) is 19.2. The third kappa shape index (κ3) is 5.39. The van der Waals surface area contributed by atoms with Gasteiger partial charge in [-0.05, 0) is 49.0 Å². The maximum Gasteiger partial charge on any atom is 0.269 e. The molecular formula is C23H33ClN4O2. The van der Waals surface area contributed by atoms with E-state index in [0.717, 1.165) is 36.6 Å². The number of halogens is 1. The predicted octanol–water partition coefficient (Wildman–Crippen LogP) is 5.83. The van der Waals surface area contributed by atoms with E-state index < -0.39 is 0 Å². The van der Waals surface area contributed by atoms with Crippen LogP contribution >= 0.6 is 11.6 Å². The number of benzene rings is 1. The van der Waals surface area contributed by atoms with Crippen LogP contribution in [0.3, 0.4) is 0 Å². The van der Waals surface area contributed by atoms with E-state index in [1.54, 1.807) is 12.1 Å². The fourth-order valence-electron chi connectivity index (χ4n) is 4.53. The summed E-state index contributed by atoms with van der Waals surface area (Å²) in [6, 6.07) is 7.07. The van der Waals surface area contributed by atoms with Crippen LogP contribution in [-0.4, -0.2) is 39.5 Å². The Labute approximate surface area is 184 Å². The van der Waals surface area contributed by atoms with Gasteiger partial charge in [-0.1, -0.05) is 39.8 Å². The standard InChI is InChI=1S/C23H33ClN4O2/c1-5-20-21(24)22(26-18-10-8-17(9-11-18)23(2,3)4)25-15-27(20)14-16-6-12-19(13-7-16)28(29)30/h6-7,12-13,15,17-18,20-21H,5,8-11,14H2,1-4H3. The summed E-state index contributed by atoms with van der Waals surface area (Å²) in [5.41, 5.74) is 1.46. The monoisotopic (exact) mass is 432 g/mol. The Morgan fingerprint density at radius 1 is 1.20 bits per heavy atom. The second-order valence-corrected chi connectivity index (χ2v) is 10.0. The second-order valence-electron chi connectivity index (χ2n) is 9.58. The number of non-ortho nitro benzene ring substituents is 1. The summed E-state index contributed by atoms with van der Waals surface area (Å²) in [4.78, 5) is 22.1. The van der Waals surface area contributed by atoms with Crippen LogP contribution in [0, 0.1) is 21.4 Å². The van der Waals surface area contributed by atoms with E-state index in [9.17, 15) is 10.1 Å². The summed E-state index contributed by atoms with van der Waals surface area (Å²) in [5.74, 6) is 1.51. The van der Waals surface area contributed by atoms with Gasteiger partial charge in [0.1, 0.15) is 11.2 Å². The van der Waals surface area contributed by atoms with Gasteiger partial charge in [0.05, 0.1) is 23.3 Å². The molecule has 0 spiro atoms. The highest BCUT2D eigenvalue weighted by atomic mass is 35.5. The van der Waals surface area contributed by atoms with Crippen LogP contribution in [-0.2, 0) is 6.54 Å². The van der Waals surface area contributed by atoms with Gasteiger partial charge in [-0.25, -0.2) is 4.99 Å². The first-order chi connectivity index (χ1) is 14.2. The van der Waals surface area contributed by atoms with Gasteiger partial charge in [0, 0.05) is 18.7 Å². The van der Waals surface area contributed by atoms with Crippen LogP contribution in [0.1, 0.15) is 65.4 Å². The molecule has 3 rings (SSSR count). The largest absolute Gasteiger partial charge is 0.353 e. The maximum atomic E-state index is 10.9. The van der Waals surface area contributed by atoms with Crippen LogP contribution in [0.5, 0.6) is 0 Å². The molecule has 30 heavy (non-hydrogen) atoms. The molecule has 1 heterocycles. The van der Waals surface area contributed by atoms with Gasteiger partial charge >= 0.3 is 0 Å². The topological polar surface area (TPSA) is 71.1 Å². The Kier molecular flexibility index (Phi) is 7.17. The number of hydrogen-bond donors (Lipinski definition) is 0. The fraction of sp³-hybridized carbons (Fsp3) is 0.652. The molecule has 164 valence electrons. The number of alkyl halides is 1. The number of hydrogen-bond acceptors (Lipinski definition) is 4. The van der Waals surface area contributed by atoms with Gasteiger partial charge in [0.2, 0.25) is 0 Å². The minimum absolute atomic E-state index is 0.101. The zero-order chi connectivity index (χ0) is 21.9. The molecule has 1 aromatic rings. The van der Waals surface area contributed by atoms with E-state index in [1.165, 1.54) is 25.0 Å². The lowest BCUT2D eigenvalue weighted by Gasteiger charge is -2.37. The van der Waals surface area contributed by atoms with Crippen LogP contribution in [0.4, 0.5) is 5.69 Å². The molecule has 1 saturated carbocycles. The van der Waals surface area contributed by atoms with Crippen molar-refractivity contribution in [1.82, 2.24) is 4.90 Å². The Hall–Kier alpha value is -1.95. The third-order valence-corrected chi connectivity index (χ3v) is 7.00. The van der Waals surface area contributed by atoms with Crippen molar-refractivity contribution in [3.8, 4) is 0 Å². The molecule has 6 nitrogen and oxygen atoms in total. The Morgan fingerprint density at radius 3 is 2.37 bits per heavy atom. The van der Waals surface area contributed by atoms with E-state index in [1.807, 2.05) is 6.34 Å². The highest BCUT2D eigenvalue weighted by molar-refractivity contribution is 6.33. The Balaban J connectivity index is 1.67. The van der Waals surface area contributed by atoms with E-state index in [-0.39, 0.29) is 22.0 Å². The molecule has 2 aliphatic rings. The maximum absolute atomic E-state index is 10.9. The number of aliphatic imine (C=N–C) groups is 2. The highest BCUT2D eigenvalue weighted by Crippen LogP contribution is 2.38.